The number of hydrogen-bond donors (Lipinski definition) is 2. The highest BCUT2D eigenvalue weighted by Crippen LogP contribution is 2.28. The first-order valence-electron chi connectivity index (χ1n) is 8.12. The zero-order valence-electron chi connectivity index (χ0n) is 13.2. The van der Waals surface area contributed by atoms with Crippen molar-refractivity contribution in [3.8, 4) is 0 Å². The topological polar surface area (TPSA) is 52.6 Å². The molecule has 0 bridgehead atoms. The Morgan fingerprint density at radius 1 is 1.20 bits per heavy atom. The minimum Gasteiger partial charge on any atom is -0.393 e. The number of aliphatic hydroxyl groups excluding tert-OH is 1. The number of rotatable bonds is 5. The summed E-state index contributed by atoms with van der Waals surface area (Å²) < 4.78 is 0. The van der Waals surface area contributed by atoms with Gasteiger partial charge in [-0.2, -0.15) is 0 Å². The van der Waals surface area contributed by atoms with Crippen molar-refractivity contribution in [3.05, 3.63) is 0 Å². The van der Waals surface area contributed by atoms with Crippen LogP contribution in [0.4, 0.5) is 0 Å². The number of hydrogen-bond acceptors (Lipinski definition) is 3. The van der Waals surface area contributed by atoms with Crippen LogP contribution in [0.1, 0.15) is 58.8 Å². The zero-order valence-corrected chi connectivity index (χ0v) is 13.2. The Kier molecular flexibility index (Phi) is 5.08. The fraction of sp³-hybridized carbons (Fsp3) is 0.938. The van der Waals surface area contributed by atoms with Crippen molar-refractivity contribution in [2.45, 2.75) is 76.5 Å². The van der Waals surface area contributed by atoms with Crippen molar-refractivity contribution in [2.24, 2.45) is 5.92 Å². The molecule has 2 fully saturated rings. The van der Waals surface area contributed by atoms with Crippen LogP contribution in [0.5, 0.6) is 0 Å². The van der Waals surface area contributed by atoms with Gasteiger partial charge in [-0.05, 0) is 46.6 Å². The average Bonchev–Trinajstić information content (AvgIpc) is 3.06. The molecule has 4 nitrogen and oxygen atoms in total. The van der Waals surface area contributed by atoms with Gasteiger partial charge in [0, 0.05) is 18.5 Å². The monoisotopic (exact) mass is 282 g/mol. The molecule has 4 heteroatoms. The molecule has 2 aliphatic carbocycles. The summed E-state index contributed by atoms with van der Waals surface area (Å²) in [6, 6.07) is 0.535. The summed E-state index contributed by atoms with van der Waals surface area (Å²) in [6.45, 7) is 4.62. The zero-order chi connectivity index (χ0) is 14.8. The second kappa shape index (κ2) is 6.44. The van der Waals surface area contributed by atoms with Crippen LogP contribution in [-0.2, 0) is 4.79 Å². The molecular weight excluding hydrogens is 252 g/mol. The Labute approximate surface area is 122 Å². The van der Waals surface area contributed by atoms with E-state index < -0.39 is 5.54 Å². The van der Waals surface area contributed by atoms with E-state index in [0.29, 0.717) is 12.6 Å². The Bertz CT molecular complexity index is 337. The van der Waals surface area contributed by atoms with Crippen LogP contribution < -0.4 is 5.32 Å². The summed E-state index contributed by atoms with van der Waals surface area (Å²) in [5.74, 6) is 0.331. The second-order valence-corrected chi connectivity index (χ2v) is 7.08. The molecule has 2 rings (SSSR count). The lowest BCUT2D eigenvalue weighted by Gasteiger charge is -2.38. The Balaban J connectivity index is 1.85. The first kappa shape index (κ1) is 15.8. The van der Waals surface area contributed by atoms with Crippen LogP contribution in [0, 0.1) is 5.92 Å². The van der Waals surface area contributed by atoms with Crippen LogP contribution in [0.2, 0.25) is 0 Å². The third kappa shape index (κ3) is 3.34. The molecule has 1 amide bonds. The highest BCUT2D eigenvalue weighted by molar-refractivity contribution is 5.85. The van der Waals surface area contributed by atoms with Gasteiger partial charge in [-0.25, -0.2) is 0 Å². The quantitative estimate of drug-likeness (QED) is 0.810. The van der Waals surface area contributed by atoms with Crippen LogP contribution in [0.25, 0.3) is 0 Å². The molecular formula is C16H30N2O2. The Hall–Kier alpha value is -0.610. The molecule has 2 saturated carbocycles. The van der Waals surface area contributed by atoms with Gasteiger partial charge >= 0.3 is 0 Å². The summed E-state index contributed by atoms with van der Waals surface area (Å²) in [5, 5.41) is 12.9. The molecule has 2 aliphatic rings. The summed E-state index contributed by atoms with van der Waals surface area (Å²) in [7, 11) is 2.07. The maximum Gasteiger partial charge on any atom is 0.239 e. The molecule has 0 aliphatic heterocycles. The van der Waals surface area contributed by atoms with E-state index in [4.69, 9.17) is 0 Å². The molecule has 0 spiro atoms. The predicted molar refractivity (Wildman–Crippen MR) is 80.5 cm³/mol. The van der Waals surface area contributed by atoms with E-state index in [2.05, 4.69) is 17.3 Å². The standard InChI is InChI=1S/C16H30N2O2/c1-16(2,18(3)13-8-4-5-9-13)15(20)17-11-12-7-6-10-14(12)19/h12-14,19H,4-11H2,1-3H3,(H,17,20)/t12-,14+/m1/s1. The first-order chi connectivity index (χ1) is 9.43. The lowest BCUT2D eigenvalue weighted by molar-refractivity contribution is -0.132. The van der Waals surface area contributed by atoms with Crippen molar-refractivity contribution in [1.29, 1.82) is 0 Å². The van der Waals surface area contributed by atoms with Gasteiger partial charge in [-0.15, -0.1) is 0 Å². The second-order valence-electron chi connectivity index (χ2n) is 7.08. The largest absolute Gasteiger partial charge is 0.393 e. The highest BCUT2D eigenvalue weighted by Gasteiger charge is 2.37. The number of nitrogens with zero attached hydrogens (tertiary/aromatic N) is 1. The van der Waals surface area contributed by atoms with E-state index in [9.17, 15) is 9.90 Å². The van der Waals surface area contributed by atoms with E-state index in [1.165, 1.54) is 25.7 Å². The van der Waals surface area contributed by atoms with Crippen LogP contribution in [0.15, 0.2) is 0 Å². The molecule has 0 aromatic heterocycles. The number of carbonyl (C=O) groups excluding carboxylic acids is 1. The van der Waals surface area contributed by atoms with Crippen molar-refractivity contribution >= 4 is 5.91 Å². The number of amides is 1. The van der Waals surface area contributed by atoms with E-state index in [0.717, 1.165) is 19.3 Å². The molecule has 116 valence electrons. The number of carbonyl (C=O) groups is 1. The van der Waals surface area contributed by atoms with Crippen LogP contribution in [-0.4, -0.2) is 47.2 Å². The Morgan fingerprint density at radius 2 is 1.85 bits per heavy atom. The molecule has 2 atom stereocenters. The van der Waals surface area contributed by atoms with E-state index >= 15 is 0 Å². The normalized spacial score (nSPS) is 28.2. The van der Waals surface area contributed by atoms with Crippen molar-refractivity contribution in [3.63, 3.8) is 0 Å². The van der Waals surface area contributed by atoms with Gasteiger partial charge in [0.15, 0.2) is 0 Å². The third-order valence-corrected chi connectivity index (χ3v) is 5.45. The number of nitrogens with one attached hydrogen (secondary N) is 1. The van der Waals surface area contributed by atoms with Gasteiger partial charge in [0.2, 0.25) is 5.91 Å². The molecule has 0 aromatic carbocycles. The average molecular weight is 282 g/mol. The number of aliphatic hydroxyl groups is 1. The van der Waals surface area contributed by atoms with Gasteiger partial charge < -0.3 is 10.4 Å². The maximum atomic E-state index is 12.5. The smallest absolute Gasteiger partial charge is 0.239 e. The fourth-order valence-electron chi connectivity index (χ4n) is 3.60. The van der Waals surface area contributed by atoms with Crippen LogP contribution >= 0.6 is 0 Å². The molecule has 0 unspecified atom stereocenters. The first-order valence-corrected chi connectivity index (χ1v) is 8.12. The highest BCUT2D eigenvalue weighted by atomic mass is 16.3. The molecule has 0 radical (unpaired) electrons. The minimum atomic E-state index is -0.474. The molecule has 0 heterocycles. The lowest BCUT2D eigenvalue weighted by Crippen LogP contribution is -2.56. The van der Waals surface area contributed by atoms with Crippen LogP contribution in [0.3, 0.4) is 0 Å². The van der Waals surface area contributed by atoms with E-state index in [1.807, 2.05) is 13.8 Å². The van der Waals surface area contributed by atoms with Gasteiger partial charge in [0.1, 0.15) is 0 Å². The fourth-order valence-corrected chi connectivity index (χ4v) is 3.60. The summed E-state index contributed by atoms with van der Waals surface area (Å²) in [5.41, 5.74) is -0.474. The van der Waals surface area contributed by atoms with Gasteiger partial charge in [0.05, 0.1) is 11.6 Å². The van der Waals surface area contributed by atoms with E-state index in [1.54, 1.807) is 0 Å². The maximum absolute atomic E-state index is 12.5. The molecule has 0 aromatic rings. The van der Waals surface area contributed by atoms with Gasteiger partial charge in [-0.3, -0.25) is 9.69 Å². The SMILES string of the molecule is CN(C1CCCC1)C(C)(C)C(=O)NC[C@H]1CCC[C@@H]1O. The van der Waals surface area contributed by atoms with Gasteiger partial charge in [-0.1, -0.05) is 19.3 Å². The molecule has 20 heavy (non-hydrogen) atoms. The lowest BCUT2D eigenvalue weighted by atomic mass is 9.98. The van der Waals surface area contributed by atoms with Crippen molar-refractivity contribution in [1.82, 2.24) is 10.2 Å². The summed E-state index contributed by atoms with van der Waals surface area (Å²) >= 11 is 0. The molecule has 2 N–H and O–H groups in total. The van der Waals surface area contributed by atoms with Gasteiger partial charge in [0.25, 0.3) is 0 Å². The third-order valence-electron chi connectivity index (χ3n) is 5.45. The summed E-state index contributed by atoms with van der Waals surface area (Å²) in [6.07, 6.45) is 7.72. The van der Waals surface area contributed by atoms with Crippen molar-refractivity contribution < 1.29 is 9.90 Å². The predicted octanol–water partition coefficient (Wildman–Crippen LogP) is 1.92. The number of likely N-dealkylation sites (N-methyl/N-ethyl adjacent to an activating group) is 1. The Morgan fingerprint density at radius 3 is 2.40 bits per heavy atom. The van der Waals surface area contributed by atoms with Crippen molar-refractivity contribution in [2.75, 3.05) is 13.6 Å². The minimum absolute atomic E-state index is 0.0889. The summed E-state index contributed by atoms with van der Waals surface area (Å²) in [4.78, 5) is 14.7. The molecule has 0 saturated heterocycles. The van der Waals surface area contributed by atoms with E-state index in [-0.39, 0.29) is 17.9 Å².